The van der Waals surface area contributed by atoms with Crippen LogP contribution in [0, 0.1) is 17.6 Å². The first-order valence-electron chi connectivity index (χ1n) is 9.91. The molecule has 4 rings (SSSR count). The molecule has 0 spiro atoms. The van der Waals surface area contributed by atoms with Crippen molar-refractivity contribution in [2.75, 3.05) is 23.3 Å². The summed E-state index contributed by atoms with van der Waals surface area (Å²) in [6.07, 6.45) is 2.07. The summed E-state index contributed by atoms with van der Waals surface area (Å²) in [4.78, 5) is 31.6. The summed E-state index contributed by atoms with van der Waals surface area (Å²) in [6, 6.07) is 10.1. The van der Waals surface area contributed by atoms with Gasteiger partial charge >= 0.3 is 5.69 Å². The van der Waals surface area contributed by atoms with E-state index in [-0.39, 0.29) is 12.2 Å². The first-order valence-corrected chi connectivity index (χ1v) is 9.91. The molecular weight excluding hydrogens is 390 g/mol. The van der Waals surface area contributed by atoms with E-state index >= 15 is 0 Å². The third kappa shape index (κ3) is 4.17. The summed E-state index contributed by atoms with van der Waals surface area (Å²) in [6.45, 7) is 3.55. The van der Waals surface area contributed by atoms with Crippen LogP contribution in [0.15, 0.2) is 47.3 Å². The maximum atomic E-state index is 13.4. The van der Waals surface area contributed by atoms with Crippen molar-refractivity contribution in [3.05, 3.63) is 64.6 Å². The molecule has 1 aliphatic rings. The number of anilines is 2. The number of halogens is 2. The lowest BCUT2D eigenvalue weighted by atomic mass is 9.99. The number of rotatable bonds is 4. The predicted molar refractivity (Wildman–Crippen MR) is 112 cm³/mol. The summed E-state index contributed by atoms with van der Waals surface area (Å²) in [7, 11) is 0. The number of nitrogens with zero attached hydrogens (tertiary/aromatic N) is 3. The predicted octanol–water partition coefficient (Wildman–Crippen LogP) is 3.55. The SMILES string of the molecule is CC1CCN(c2nc(=O)n(CC(=O)Nc3cc(F)cc(F)c3)c3ccccc23)CC1. The van der Waals surface area contributed by atoms with Gasteiger partial charge in [-0.2, -0.15) is 4.98 Å². The number of piperidine rings is 1. The van der Waals surface area contributed by atoms with Crippen molar-refractivity contribution in [1.29, 1.82) is 0 Å². The lowest BCUT2D eigenvalue weighted by molar-refractivity contribution is -0.116. The Morgan fingerprint density at radius 3 is 2.50 bits per heavy atom. The third-order valence-corrected chi connectivity index (χ3v) is 5.40. The number of amides is 1. The molecule has 30 heavy (non-hydrogen) atoms. The highest BCUT2D eigenvalue weighted by atomic mass is 19.1. The van der Waals surface area contributed by atoms with Crippen LogP contribution in [0.5, 0.6) is 0 Å². The van der Waals surface area contributed by atoms with Crippen molar-refractivity contribution in [2.45, 2.75) is 26.3 Å². The number of nitrogens with one attached hydrogen (secondary N) is 1. The molecule has 1 aromatic heterocycles. The van der Waals surface area contributed by atoms with Gasteiger partial charge in [0.1, 0.15) is 24.0 Å². The smallest absolute Gasteiger partial charge is 0.350 e. The molecule has 3 aromatic rings. The molecule has 0 saturated carbocycles. The van der Waals surface area contributed by atoms with Gasteiger partial charge in [0, 0.05) is 30.2 Å². The molecule has 6 nitrogen and oxygen atoms in total. The van der Waals surface area contributed by atoms with E-state index in [1.165, 1.54) is 4.57 Å². The molecule has 8 heteroatoms. The van der Waals surface area contributed by atoms with Crippen molar-refractivity contribution >= 4 is 28.3 Å². The Kier molecular flexibility index (Phi) is 5.48. The first kappa shape index (κ1) is 20.0. The minimum atomic E-state index is -0.796. The highest BCUT2D eigenvalue weighted by Crippen LogP contribution is 2.27. The molecule has 1 amide bonds. The second-order valence-electron chi connectivity index (χ2n) is 7.70. The first-order chi connectivity index (χ1) is 14.4. The third-order valence-electron chi connectivity index (χ3n) is 5.40. The quantitative estimate of drug-likeness (QED) is 0.712. The second kappa shape index (κ2) is 8.22. The summed E-state index contributed by atoms with van der Waals surface area (Å²) >= 11 is 0. The van der Waals surface area contributed by atoms with Gasteiger partial charge in [-0.3, -0.25) is 9.36 Å². The molecule has 1 saturated heterocycles. The molecule has 156 valence electrons. The van der Waals surface area contributed by atoms with Crippen molar-refractivity contribution < 1.29 is 13.6 Å². The van der Waals surface area contributed by atoms with Gasteiger partial charge in [-0.05, 0) is 43.0 Å². The number of hydrogen-bond acceptors (Lipinski definition) is 4. The molecule has 0 unspecified atom stereocenters. The van der Waals surface area contributed by atoms with E-state index in [1.807, 2.05) is 12.1 Å². The highest BCUT2D eigenvalue weighted by Gasteiger charge is 2.21. The van der Waals surface area contributed by atoms with Crippen LogP contribution in [0.4, 0.5) is 20.3 Å². The van der Waals surface area contributed by atoms with Gasteiger partial charge in [-0.15, -0.1) is 0 Å². The van der Waals surface area contributed by atoms with Crippen LogP contribution in [0.3, 0.4) is 0 Å². The van der Waals surface area contributed by atoms with Gasteiger partial charge in [0.25, 0.3) is 0 Å². The van der Waals surface area contributed by atoms with Gasteiger partial charge in [0.05, 0.1) is 5.52 Å². The zero-order valence-corrected chi connectivity index (χ0v) is 16.6. The standard InChI is InChI=1S/C22H22F2N4O2/c1-14-6-8-27(9-7-14)21-18-4-2-3-5-19(18)28(22(30)26-21)13-20(29)25-17-11-15(23)10-16(24)12-17/h2-5,10-12,14H,6-9,13H2,1H3,(H,25,29). The minimum absolute atomic E-state index is 0.0122. The number of para-hydroxylation sites is 1. The number of carbonyl (C=O) groups is 1. The lowest BCUT2D eigenvalue weighted by Crippen LogP contribution is -2.37. The van der Waals surface area contributed by atoms with E-state index in [4.69, 9.17) is 0 Å². The van der Waals surface area contributed by atoms with Gasteiger partial charge in [0.15, 0.2) is 0 Å². The van der Waals surface area contributed by atoms with E-state index < -0.39 is 23.2 Å². The summed E-state index contributed by atoms with van der Waals surface area (Å²) in [5.74, 6) is -0.895. The number of fused-ring (bicyclic) bond motifs is 1. The number of carbonyl (C=O) groups excluding carboxylic acids is 1. The van der Waals surface area contributed by atoms with Crippen LogP contribution in [-0.4, -0.2) is 28.5 Å². The van der Waals surface area contributed by atoms with Crippen LogP contribution in [0.1, 0.15) is 19.8 Å². The van der Waals surface area contributed by atoms with Crippen LogP contribution in [0.2, 0.25) is 0 Å². The summed E-state index contributed by atoms with van der Waals surface area (Å²) < 4.78 is 28.0. The second-order valence-corrected chi connectivity index (χ2v) is 7.70. The normalized spacial score (nSPS) is 14.8. The largest absolute Gasteiger partial charge is 0.356 e. The molecular formula is C22H22F2N4O2. The molecule has 1 fully saturated rings. The Morgan fingerprint density at radius 1 is 1.13 bits per heavy atom. The van der Waals surface area contributed by atoms with Crippen molar-refractivity contribution in [3.63, 3.8) is 0 Å². The number of hydrogen-bond donors (Lipinski definition) is 1. The molecule has 0 aliphatic carbocycles. The van der Waals surface area contributed by atoms with Gasteiger partial charge < -0.3 is 10.2 Å². The van der Waals surface area contributed by atoms with Gasteiger partial charge in [-0.1, -0.05) is 19.1 Å². The van der Waals surface area contributed by atoms with Crippen LogP contribution in [-0.2, 0) is 11.3 Å². The Morgan fingerprint density at radius 2 is 1.80 bits per heavy atom. The fourth-order valence-corrected chi connectivity index (χ4v) is 3.80. The summed E-state index contributed by atoms with van der Waals surface area (Å²) in [5.41, 5.74) is 0.0384. The van der Waals surface area contributed by atoms with Crippen molar-refractivity contribution in [3.8, 4) is 0 Å². The zero-order valence-electron chi connectivity index (χ0n) is 16.6. The van der Waals surface area contributed by atoms with E-state index in [9.17, 15) is 18.4 Å². The zero-order chi connectivity index (χ0) is 21.3. The Balaban J connectivity index is 1.65. The average molecular weight is 412 g/mol. The monoisotopic (exact) mass is 412 g/mol. The number of benzene rings is 2. The highest BCUT2D eigenvalue weighted by molar-refractivity contribution is 5.93. The van der Waals surface area contributed by atoms with Crippen molar-refractivity contribution in [2.24, 2.45) is 5.92 Å². The molecule has 0 atom stereocenters. The van der Waals surface area contributed by atoms with E-state index in [2.05, 4.69) is 22.1 Å². The van der Waals surface area contributed by atoms with Crippen LogP contribution < -0.4 is 15.9 Å². The molecule has 2 heterocycles. The molecule has 1 N–H and O–H groups in total. The molecule has 0 bridgehead atoms. The fourth-order valence-electron chi connectivity index (χ4n) is 3.80. The molecule has 0 radical (unpaired) electrons. The number of aromatic nitrogens is 2. The average Bonchev–Trinajstić information content (AvgIpc) is 2.70. The fraction of sp³-hybridized carbons (Fsp3) is 0.318. The van der Waals surface area contributed by atoms with Crippen molar-refractivity contribution in [1.82, 2.24) is 9.55 Å². The van der Waals surface area contributed by atoms with E-state index in [0.717, 1.165) is 49.5 Å². The van der Waals surface area contributed by atoms with Gasteiger partial charge in [-0.25, -0.2) is 13.6 Å². The van der Waals surface area contributed by atoms with E-state index in [0.29, 0.717) is 17.3 Å². The Labute approximate surface area is 172 Å². The van der Waals surface area contributed by atoms with Crippen LogP contribution in [0.25, 0.3) is 10.9 Å². The lowest BCUT2D eigenvalue weighted by Gasteiger charge is -2.32. The molecule has 2 aromatic carbocycles. The maximum Gasteiger partial charge on any atom is 0.350 e. The molecule has 1 aliphatic heterocycles. The minimum Gasteiger partial charge on any atom is -0.356 e. The van der Waals surface area contributed by atoms with Crippen LogP contribution >= 0.6 is 0 Å². The van der Waals surface area contributed by atoms with Gasteiger partial charge in [0.2, 0.25) is 5.91 Å². The Hall–Kier alpha value is -3.29. The maximum absolute atomic E-state index is 13.4. The summed E-state index contributed by atoms with van der Waals surface area (Å²) in [5, 5.41) is 3.22. The Bertz CT molecular complexity index is 1130. The van der Waals surface area contributed by atoms with E-state index in [1.54, 1.807) is 12.1 Å². The topological polar surface area (TPSA) is 67.2 Å².